The van der Waals surface area contributed by atoms with Crippen LogP contribution >= 0.6 is 11.3 Å². The zero-order chi connectivity index (χ0) is 20.4. The SMILES string of the molecule is O=C(O)CNc1nc(N2CC[C@@H](O)C2)sc1C(=O)Nc1ccc2ccccc2c1. The lowest BCUT2D eigenvalue weighted by molar-refractivity contribution is -0.134. The molecule has 3 aromatic rings. The molecule has 1 saturated heterocycles. The minimum Gasteiger partial charge on any atom is -0.480 e. The Kier molecular flexibility index (Phi) is 5.32. The highest BCUT2D eigenvalue weighted by atomic mass is 32.1. The van der Waals surface area contributed by atoms with Gasteiger partial charge < -0.3 is 25.7 Å². The lowest BCUT2D eigenvalue weighted by Crippen LogP contribution is -2.21. The van der Waals surface area contributed by atoms with E-state index < -0.39 is 12.1 Å². The number of β-amino-alcohol motifs (C(OH)–C–C–N with tert-alkyl or cyclic N) is 1. The molecule has 1 amide bonds. The summed E-state index contributed by atoms with van der Waals surface area (Å²) in [5.74, 6) is -1.18. The second kappa shape index (κ2) is 8.06. The van der Waals surface area contributed by atoms with E-state index in [0.29, 0.717) is 35.2 Å². The molecular formula is C20H20N4O4S. The van der Waals surface area contributed by atoms with Gasteiger partial charge in [-0.1, -0.05) is 41.7 Å². The number of carboxylic acids is 1. The second-order valence-corrected chi connectivity index (χ2v) is 7.80. The number of hydrogen-bond acceptors (Lipinski definition) is 7. The summed E-state index contributed by atoms with van der Waals surface area (Å²) in [7, 11) is 0. The summed E-state index contributed by atoms with van der Waals surface area (Å²) in [4.78, 5) is 30.5. The normalized spacial score (nSPS) is 16.2. The van der Waals surface area contributed by atoms with E-state index in [9.17, 15) is 14.7 Å². The predicted molar refractivity (Wildman–Crippen MR) is 113 cm³/mol. The Labute approximate surface area is 170 Å². The molecule has 0 saturated carbocycles. The lowest BCUT2D eigenvalue weighted by atomic mass is 10.1. The van der Waals surface area contributed by atoms with E-state index in [1.807, 2.05) is 47.4 Å². The number of carboxylic acid groups (broad SMARTS) is 1. The Hall–Kier alpha value is -3.17. The van der Waals surface area contributed by atoms with Gasteiger partial charge in [-0.25, -0.2) is 4.98 Å². The highest BCUT2D eigenvalue weighted by Gasteiger charge is 2.26. The molecule has 9 heteroatoms. The molecule has 0 bridgehead atoms. The molecule has 0 spiro atoms. The molecule has 1 aliphatic rings. The second-order valence-electron chi connectivity index (χ2n) is 6.83. The third kappa shape index (κ3) is 4.30. The van der Waals surface area contributed by atoms with Crippen molar-refractivity contribution in [3.63, 3.8) is 0 Å². The van der Waals surface area contributed by atoms with Crippen molar-refractivity contribution in [1.29, 1.82) is 0 Å². The maximum atomic E-state index is 12.9. The standard InChI is InChI=1S/C20H20N4O4S/c25-15-7-8-24(11-15)20-23-18(21-10-16(26)27)17(29-20)19(28)22-14-6-5-12-3-1-2-4-13(12)9-14/h1-6,9,15,21,25H,7-8,10-11H2,(H,22,28)(H,26,27)/t15-/m1/s1. The van der Waals surface area contributed by atoms with Crippen LogP contribution in [0.4, 0.5) is 16.6 Å². The molecule has 4 N–H and O–H groups in total. The number of hydrogen-bond donors (Lipinski definition) is 4. The van der Waals surface area contributed by atoms with Crippen molar-refractivity contribution in [3.8, 4) is 0 Å². The summed E-state index contributed by atoms with van der Waals surface area (Å²) < 4.78 is 0. The van der Waals surface area contributed by atoms with Gasteiger partial charge in [-0.05, 0) is 29.3 Å². The van der Waals surface area contributed by atoms with Crippen molar-refractivity contribution in [2.24, 2.45) is 0 Å². The van der Waals surface area contributed by atoms with Crippen LogP contribution < -0.4 is 15.5 Å². The van der Waals surface area contributed by atoms with E-state index in [0.717, 1.165) is 10.8 Å². The summed E-state index contributed by atoms with van der Waals surface area (Å²) in [5.41, 5.74) is 0.643. The van der Waals surface area contributed by atoms with E-state index in [1.165, 1.54) is 11.3 Å². The topological polar surface area (TPSA) is 115 Å². The summed E-state index contributed by atoms with van der Waals surface area (Å²) in [6.07, 6.45) is 0.208. The van der Waals surface area contributed by atoms with E-state index in [1.54, 1.807) is 0 Å². The third-order valence-electron chi connectivity index (χ3n) is 4.67. The number of carbonyl (C=O) groups excluding carboxylic acids is 1. The van der Waals surface area contributed by atoms with Crippen molar-refractivity contribution >= 4 is 50.6 Å². The summed E-state index contributed by atoms with van der Waals surface area (Å²) in [5, 5.41) is 27.0. The average molecular weight is 412 g/mol. The van der Waals surface area contributed by atoms with Gasteiger partial charge in [-0.3, -0.25) is 9.59 Å². The molecular weight excluding hydrogens is 392 g/mol. The highest BCUT2D eigenvalue weighted by molar-refractivity contribution is 7.18. The fraction of sp³-hybridized carbons (Fsp3) is 0.250. The van der Waals surface area contributed by atoms with Gasteiger partial charge in [0.05, 0.1) is 6.10 Å². The fourth-order valence-electron chi connectivity index (χ4n) is 3.25. The highest BCUT2D eigenvalue weighted by Crippen LogP contribution is 2.33. The first kappa shape index (κ1) is 19.2. The number of anilines is 3. The zero-order valence-electron chi connectivity index (χ0n) is 15.5. The predicted octanol–water partition coefficient (Wildman–Crippen LogP) is 2.62. The monoisotopic (exact) mass is 412 g/mol. The van der Waals surface area contributed by atoms with Crippen LogP contribution in [0, 0.1) is 0 Å². The van der Waals surface area contributed by atoms with Crippen LogP contribution in [0.3, 0.4) is 0 Å². The van der Waals surface area contributed by atoms with Gasteiger partial charge in [0.2, 0.25) is 0 Å². The number of thiazole rings is 1. The van der Waals surface area contributed by atoms with Crippen molar-refractivity contribution in [1.82, 2.24) is 4.98 Å². The maximum absolute atomic E-state index is 12.9. The molecule has 2 aromatic carbocycles. The first-order valence-corrected chi connectivity index (χ1v) is 10.0. The number of aliphatic carboxylic acids is 1. The van der Waals surface area contributed by atoms with Gasteiger partial charge in [0.15, 0.2) is 10.9 Å². The minimum atomic E-state index is -1.04. The van der Waals surface area contributed by atoms with E-state index in [2.05, 4.69) is 15.6 Å². The molecule has 0 unspecified atom stereocenters. The van der Waals surface area contributed by atoms with Gasteiger partial charge >= 0.3 is 5.97 Å². The molecule has 1 aliphatic heterocycles. The summed E-state index contributed by atoms with van der Waals surface area (Å²) >= 11 is 1.18. The molecule has 4 rings (SSSR count). The molecule has 1 fully saturated rings. The molecule has 1 aromatic heterocycles. The number of rotatable bonds is 6. The third-order valence-corrected chi connectivity index (χ3v) is 5.79. The number of nitrogens with one attached hydrogen (secondary N) is 2. The Balaban J connectivity index is 1.59. The Bertz CT molecular complexity index is 1070. The van der Waals surface area contributed by atoms with Crippen molar-refractivity contribution < 1.29 is 19.8 Å². The fourth-order valence-corrected chi connectivity index (χ4v) is 4.22. The van der Waals surface area contributed by atoms with Crippen LogP contribution in [0.5, 0.6) is 0 Å². The van der Waals surface area contributed by atoms with E-state index >= 15 is 0 Å². The van der Waals surface area contributed by atoms with Crippen LogP contribution in [-0.4, -0.2) is 52.8 Å². The largest absolute Gasteiger partial charge is 0.480 e. The molecule has 0 radical (unpaired) electrons. The Morgan fingerprint density at radius 3 is 2.72 bits per heavy atom. The smallest absolute Gasteiger partial charge is 0.322 e. The van der Waals surface area contributed by atoms with Crippen molar-refractivity contribution in [2.45, 2.75) is 12.5 Å². The van der Waals surface area contributed by atoms with Gasteiger partial charge in [-0.2, -0.15) is 0 Å². The van der Waals surface area contributed by atoms with Crippen LogP contribution in [0.2, 0.25) is 0 Å². The van der Waals surface area contributed by atoms with Crippen LogP contribution in [0.15, 0.2) is 42.5 Å². The number of aliphatic hydroxyl groups is 1. The molecule has 1 atom stereocenters. The molecule has 29 heavy (non-hydrogen) atoms. The number of nitrogens with zero attached hydrogens (tertiary/aromatic N) is 2. The zero-order valence-corrected chi connectivity index (χ0v) is 16.3. The van der Waals surface area contributed by atoms with E-state index in [-0.39, 0.29) is 18.3 Å². The maximum Gasteiger partial charge on any atom is 0.322 e. The molecule has 150 valence electrons. The Morgan fingerprint density at radius 2 is 2.00 bits per heavy atom. The molecule has 8 nitrogen and oxygen atoms in total. The van der Waals surface area contributed by atoms with Crippen LogP contribution in [0.1, 0.15) is 16.1 Å². The molecule has 2 heterocycles. The number of aromatic nitrogens is 1. The Morgan fingerprint density at radius 1 is 1.21 bits per heavy atom. The van der Waals surface area contributed by atoms with Crippen LogP contribution in [-0.2, 0) is 4.79 Å². The van der Waals surface area contributed by atoms with Crippen molar-refractivity contribution in [2.75, 3.05) is 35.2 Å². The quantitative estimate of drug-likeness (QED) is 0.492. The summed E-state index contributed by atoms with van der Waals surface area (Å²) in [6, 6.07) is 13.5. The van der Waals surface area contributed by atoms with Crippen LogP contribution in [0.25, 0.3) is 10.8 Å². The first-order chi connectivity index (χ1) is 14.0. The number of fused-ring (bicyclic) bond motifs is 1. The number of benzene rings is 2. The van der Waals surface area contributed by atoms with Gasteiger partial charge in [0.1, 0.15) is 11.4 Å². The molecule has 0 aliphatic carbocycles. The van der Waals surface area contributed by atoms with Gasteiger partial charge in [0, 0.05) is 18.8 Å². The summed E-state index contributed by atoms with van der Waals surface area (Å²) in [6.45, 7) is 0.735. The average Bonchev–Trinajstić information content (AvgIpc) is 3.32. The minimum absolute atomic E-state index is 0.229. The lowest BCUT2D eigenvalue weighted by Gasteiger charge is -2.12. The number of aliphatic hydroxyl groups excluding tert-OH is 1. The number of carbonyl (C=O) groups is 2. The van der Waals surface area contributed by atoms with Gasteiger partial charge in [0.25, 0.3) is 5.91 Å². The van der Waals surface area contributed by atoms with E-state index in [4.69, 9.17) is 5.11 Å². The van der Waals surface area contributed by atoms with Gasteiger partial charge in [-0.15, -0.1) is 0 Å². The first-order valence-electron chi connectivity index (χ1n) is 9.19. The number of amides is 1. The van der Waals surface area contributed by atoms with Crippen molar-refractivity contribution in [3.05, 3.63) is 47.3 Å².